The summed E-state index contributed by atoms with van der Waals surface area (Å²) in [5.41, 5.74) is 2.72. The van der Waals surface area contributed by atoms with Crippen molar-refractivity contribution in [2.24, 2.45) is 16.3 Å². The summed E-state index contributed by atoms with van der Waals surface area (Å²) in [6, 6.07) is 5.66. The summed E-state index contributed by atoms with van der Waals surface area (Å²) in [4.78, 5) is 17.4. The second-order valence-corrected chi connectivity index (χ2v) is 10.7. The predicted octanol–water partition coefficient (Wildman–Crippen LogP) is 6.77. The number of fused-ring (bicyclic) bond motifs is 1. The Hall–Kier alpha value is -2.07. The van der Waals surface area contributed by atoms with Gasteiger partial charge in [-0.05, 0) is 60.8 Å². The maximum atomic E-state index is 11.5. The van der Waals surface area contributed by atoms with Crippen molar-refractivity contribution in [2.75, 3.05) is 13.2 Å². The zero-order chi connectivity index (χ0) is 23.5. The molecule has 32 heavy (non-hydrogen) atoms. The first-order chi connectivity index (χ1) is 15.1. The van der Waals surface area contributed by atoms with Gasteiger partial charge in [0.1, 0.15) is 11.1 Å². The minimum Gasteiger partial charge on any atom is -0.479 e. The first-order valence-corrected chi connectivity index (χ1v) is 12.1. The molecule has 3 rings (SSSR count). The Bertz CT molecular complexity index is 1060. The fraction of sp³-hybridized carbons (Fsp3) is 0.458. The minimum absolute atomic E-state index is 0.219. The van der Waals surface area contributed by atoms with Gasteiger partial charge in [-0.2, -0.15) is 5.26 Å². The molecule has 1 heterocycles. The Labute approximate surface area is 203 Å². The normalized spacial score (nSPS) is 16.0. The zero-order valence-corrected chi connectivity index (χ0v) is 21.0. The van der Waals surface area contributed by atoms with Gasteiger partial charge in [0.15, 0.2) is 12.4 Å². The Morgan fingerprint density at radius 2 is 2.03 bits per heavy atom. The van der Waals surface area contributed by atoms with E-state index in [1.165, 1.54) is 4.88 Å². The van der Waals surface area contributed by atoms with Crippen LogP contribution in [0.4, 0.5) is 5.00 Å². The van der Waals surface area contributed by atoms with Crippen molar-refractivity contribution in [3.63, 3.8) is 0 Å². The number of nitrogens with zero attached hydrogens (tertiary/aromatic N) is 2. The third-order valence-corrected chi connectivity index (χ3v) is 7.30. The quantitative estimate of drug-likeness (QED) is 0.329. The number of rotatable bonds is 6. The van der Waals surface area contributed by atoms with Crippen LogP contribution in [-0.2, 0) is 22.4 Å². The number of hydrogen-bond acceptors (Lipinski definition) is 6. The molecular weight excluding hydrogens is 467 g/mol. The van der Waals surface area contributed by atoms with Crippen molar-refractivity contribution in [3.8, 4) is 11.8 Å². The van der Waals surface area contributed by atoms with E-state index in [-0.39, 0.29) is 34.4 Å². The minimum atomic E-state index is -0.496. The van der Waals surface area contributed by atoms with Crippen LogP contribution in [0.15, 0.2) is 17.1 Å². The van der Waals surface area contributed by atoms with Gasteiger partial charge >= 0.3 is 5.97 Å². The molecule has 1 aliphatic rings. The number of benzene rings is 1. The van der Waals surface area contributed by atoms with E-state index in [1.807, 2.05) is 0 Å². The van der Waals surface area contributed by atoms with Crippen LogP contribution in [0.3, 0.4) is 0 Å². The molecule has 1 atom stereocenters. The lowest BCUT2D eigenvalue weighted by molar-refractivity contribution is -0.145. The number of aliphatic imine (C=N–C) groups is 1. The zero-order valence-electron chi connectivity index (χ0n) is 18.6. The highest BCUT2D eigenvalue weighted by atomic mass is 35.5. The standard InChI is InChI=1S/C24H26Cl2N2O3S/c1-5-30-21(29)13-31-22-18(25)8-14(9-19(22)26)12-28-23-17(11-27)16-7-6-15(24(2,3)4)10-20(16)32-23/h8-9,12,15H,5-7,10,13H2,1-4H3/t15-/m0/s1. The van der Waals surface area contributed by atoms with Gasteiger partial charge in [0.25, 0.3) is 0 Å². The molecule has 1 aromatic heterocycles. The largest absolute Gasteiger partial charge is 0.479 e. The van der Waals surface area contributed by atoms with Crippen LogP contribution in [0.2, 0.25) is 10.0 Å². The van der Waals surface area contributed by atoms with E-state index < -0.39 is 5.97 Å². The number of hydrogen-bond donors (Lipinski definition) is 0. The Kier molecular flexibility index (Phi) is 7.87. The lowest BCUT2D eigenvalue weighted by atomic mass is 9.72. The molecule has 0 saturated heterocycles. The van der Waals surface area contributed by atoms with Gasteiger partial charge in [0.05, 0.1) is 22.2 Å². The van der Waals surface area contributed by atoms with E-state index in [9.17, 15) is 10.1 Å². The fourth-order valence-electron chi connectivity index (χ4n) is 3.78. The molecule has 0 N–H and O–H groups in total. The number of halogens is 2. The van der Waals surface area contributed by atoms with Crippen LogP contribution >= 0.6 is 34.5 Å². The molecule has 0 unspecified atom stereocenters. The summed E-state index contributed by atoms with van der Waals surface area (Å²) in [5.74, 6) is 0.317. The Morgan fingerprint density at radius 3 is 2.62 bits per heavy atom. The van der Waals surface area contributed by atoms with E-state index in [4.69, 9.17) is 32.7 Å². The van der Waals surface area contributed by atoms with Gasteiger partial charge in [0, 0.05) is 11.1 Å². The molecule has 0 radical (unpaired) electrons. The number of carbonyl (C=O) groups is 1. The topological polar surface area (TPSA) is 71.7 Å². The van der Waals surface area contributed by atoms with E-state index in [0.29, 0.717) is 22.0 Å². The van der Waals surface area contributed by atoms with Gasteiger partial charge in [-0.15, -0.1) is 11.3 Å². The molecule has 0 saturated carbocycles. The number of esters is 1. The fourth-order valence-corrected chi connectivity index (χ4v) is 5.61. The van der Waals surface area contributed by atoms with Crippen LogP contribution in [0, 0.1) is 22.7 Å². The number of thiophene rings is 1. The molecule has 5 nitrogen and oxygen atoms in total. The van der Waals surface area contributed by atoms with Crippen LogP contribution < -0.4 is 4.74 Å². The van der Waals surface area contributed by atoms with Gasteiger partial charge in [-0.1, -0.05) is 44.0 Å². The molecule has 8 heteroatoms. The first kappa shape index (κ1) is 24.6. The lowest BCUT2D eigenvalue weighted by Gasteiger charge is -2.33. The number of carbonyl (C=O) groups excluding carboxylic acids is 1. The van der Waals surface area contributed by atoms with Crippen LogP contribution in [-0.4, -0.2) is 25.4 Å². The molecule has 0 spiro atoms. The van der Waals surface area contributed by atoms with Gasteiger partial charge in [-0.3, -0.25) is 0 Å². The molecule has 1 aromatic carbocycles. The SMILES string of the molecule is CCOC(=O)COc1c(Cl)cc(C=Nc2sc3c(c2C#N)CC[C@H](C(C)(C)C)C3)cc1Cl. The first-order valence-electron chi connectivity index (χ1n) is 10.5. The molecule has 0 aliphatic heterocycles. The molecule has 0 fully saturated rings. The summed E-state index contributed by atoms with van der Waals surface area (Å²) < 4.78 is 10.2. The van der Waals surface area contributed by atoms with Gasteiger partial charge in [0.2, 0.25) is 0 Å². The van der Waals surface area contributed by atoms with Gasteiger partial charge in [-0.25, -0.2) is 9.79 Å². The van der Waals surface area contributed by atoms with Crippen molar-refractivity contribution in [2.45, 2.75) is 47.0 Å². The lowest BCUT2D eigenvalue weighted by Crippen LogP contribution is -2.26. The van der Waals surface area contributed by atoms with Crippen LogP contribution in [0.5, 0.6) is 5.75 Å². The predicted molar refractivity (Wildman–Crippen MR) is 130 cm³/mol. The maximum Gasteiger partial charge on any atom is 0.344 e. The van der Waals surface area contributed by atoms with E-state index >= 15 is 0 Å². The highest BCUT2D eigenvalue weighted by molar-refractivity contribution is 7.16. The second kappa shape index (κ2) is 10.2. The monoisotopic (exact) mass is 492 g/mol. The smallest absolute Gasteiger partial charge is 0.344 e. The van der Waals surface area contributed by atoms with Gasteiger partial charge < -0.3 is 9.47 Å². The summed E-state index contributed by atoms with van der Waals surface area (Å²) >= 11 is 14.2. The van der Waals surface area contributed by atoms with E-state index in [0.717, 1.165) is 24.8 Å². The average molecular weight is 493 g/mol. The molecule has 2 aromatic rings. The summed E-state index contributed by atoms with van der Waals surface area (Å²) in [7, 11) is 0. The van der Waals surface area contributed by atoms with Crippen molar-refractivity contribution in [1.82, 2.24) is 0 Å². The van der Waals surface area contributed by atoms with Crippen molar-refractivity contribution in [3.05, 3.63) is 43.7 Å². The second-order valence-electron chi connectivity index (χ2n) is 8.77. The molecule has 170 valence electrons. The van der Waals surface area contributed by atoms with E-state index in [1.54, 1.807) is 36.6 Å². The Balaban J connectivity index is 1.80. The highest BCUT2D eigenvalue weighted by Crippen LogP contribution is 2.45. The summed E-state index contributed by atoms with van der Waals surface area (Å²) in [6.07, 6.45) is 4.63. The average Bonchev–Trinajstić information content (AvgIpc) is 3.08. The molecule has 1 aliphatic carbocycles. The highest BCUT2D eigenvalue weighted by Gasteiger charge is 2.32. The van der Waals surface area contributed by atoms with E-state index in [2.05, 4.69) is 31.8 Å². The molecule has 0 amide bonds. The molecule has 0 bridgehead atoms. The molecular formula is C24H26Cl2N2O3S. The maximum absolute atomic E-state index is 11.5. The van der Waals surface area contributed by atoms with Crippen molar-refractivity contribution in [1.29, 1.82) is 5.26 Å². The van der Waals surface area contributed by atoms with Crippen molar-refractivity contribution < 1.29 is 14.3 Å². The van der Waals surface area contributed by atoms with Crippen LogP contribution in [0.1, 0.15) is 55.7 Å². The third kappa shape index (κ3) is 5.64. The summed E-state index contributed by atoms with van der Waals surface area (Å²) in [6.45, 7) is 8.53. The van der Waals surface area contributed by atoms with Crippen LogP contribution in [0.25, 0.3) is 0 Å². The Morgan fingerprint density at radius 1 is 1.34 bits per heavy atom. The number of ether oxygens (including phenoxy) is 2. The summed E-state index contributed by atoms with van der Waals surface area (Å²) in [5, 5.41) is 11.0. The number of nitriles is 1. The third-order valence-electron chi connectivity index (χ3n) is 5.57. The van der Waals surface area contributed by atoms with Crippen molar-refractivity contribution >= 4 is 51.7 Å².